The number of hydrogen-bond acceptors (Lipinski definition) is 0. The van der Waals surface area contributed by atoms with Crippen LogP contribution >= 0.6 is 0 Å². The molecule has 2 bridgehead atoms. The largest absolute Gasteiger partial charge is 0.0856 e. The highest BCUT2D eigenvalue weighted by Crippen LogP contribution is 2.53. The molecule has 0 amide bonds. The van der Waals surface area contributed by atoms with Crippen molar-refractivity contribution in [1.82, 2.24) is 0 Å². The maximum atomic E-state index is 5.55. The van der Waals surface area contributed by atoms with Crippen molar-refractivity contribution in [1.29, 1.82) is 0 Å². The third kappa shape index (κ3) is 1.02. The van der Waals surface area contributed by atoms with Gasteiger partial charge in [0.1, 0.15) is 0 Å². The van der Waals surface area contributed by atoms with Crippen molar-refractivity contribution in [2.45, 2.75) is 18.1 Å². The Bertz CT molecular complexity index is 161. The van der Waals surface area contributed by atoms with E-state index in [4.69, 9.17) is 15.5 Å². The van der Waals surface area contributed by atoms with Crippen LogP contribution in [0.2, 0.25) is 11.6 Å². The zero-order valence-electron chi connectivity index (χ0n) is 6.48. The quantitative estimate of drug-likeness (QED) is 0.378. The minimum absolute atomic E-state index is 0.495. The molecule has 0 heterocycles. The topological polar surface area (TPSA) is 0 Å². The molecule has 4 heteroatoms. The first-order chi connectivity index (χ1) is 5.36. The van der Waals surface area contributed by atoms with Gasteiger partial charge in [-0.2, -0.15) is 0 Å². The first-order valence-corrected chi connectivity index (χ1v) is 4.15. The monoisotopic (exact) mass is 136 g/mol. The van der Waals surface area contributed by atoms with Gasteiger partial charge in [0.15, 0.2) is 0 Å². The Labute approximate surface area is 72.5 Å². The highest BCUT2D eigenvalue weighted by atomic mass is 14.4. The minimum Gasteiger partial charge on any atom is -0.0856 e. The molecule has 1 saturated carbocycles. The molecule has 48 valence electrons. The van der Waals surface area contributed by atoms with Crippen molar-refractivity contribution in [3.63, 3.8) is 0 Å². The third-order valence-corrected chi connectivity index (χ3v) is 3.03. The van der Waals surface area contributed by atoms with Crippen molar-refractivity contribution in [3.8, 4) is 0 Å². The molecule has 2 aliphatic rings. The summed E-state index contributed by atoms with van der Waals surface area (Å²) < 4.78 is 0. The Hall–Kier alpha value is -0.000260. The third-order valence-electron chi connectivity index (χ3n) is 3.03. The van der Waals surface area contributed by atoms with Crippen LogP contribution in [0.15, 0.2) is 12.2 Å². The molecule has 4 atom stereocenters. The maximum absolute atomic E-state index is 5.55. The molecule has 1 fully saturated rings. The van der Waals surface area contributed by atoms with Gasteiger partial charge in [-0.15, -0.1) is 0 Å². The Morgan fingerprint density at radius 3 is 1.82 bits per heavy atom. The lowest BCUT2D eigenvalue weighted by Crippen LogP contribution is -2.20. The Morgan fingerprint density at radius 2 is 1.45 bits per heavy atom. The molecule has 2 rings (SSSR count). The Kier molecular flexibility index (Phi) is 1.95. The van der Waals surface area contributed by atoms with Crippen LogP contribution < -0.4 is 0 Å². The first-order valence-electron chi connectivity index (χ1n) is 4.15. The summed E-state index contributed by atoms with van der Waals surface area (Å²) in [5, 5.41) is 0. The summed E-state index contributed by atoms with van der Waals surface area (Å²) in [7, 11) is 14.7. The molecule has 0 N–H and O–H groups in total. The highest BCUT2D eigenvalue weighted by molar-refractivity contribution is 6.94. The Balaban J connectivity index is 2.15. The van der Waals surface area contributed by atoms with Gasteiger partial charge in [-0.3, -0.25) is 0 Å². The summed E-state index contributed by atoms with van der Waals surface area (Å²) in [5.74, 6) is 2.31. The van der Waals surface area contributed by atoms with E-state index in [0.717, 1.165) is 0 Å². The minimum atomic E-state index is 0.495. The van der Waals surface area contributed by atoms with Gasteiger partial charge in [-0.25, -0.2) is 0 Å². The molecule has 0 saturated heterocycles. The number of rotatable bonds is 2. The number of hydrogen-bond donors (Lipinski definition) is 0. The molecule has 0 aromatic rings. The summed E-state index contributed by atoms with van der Waals surface area (Å²) in [6.45, 7) is 0. The van der Waals surface area contributed by atoms with Crippen LogP contribution in [0.3, 0.4) is 0 Å². The van der Waals surface area contributed by atoms with Crippen LogP contribution in [0.25, 0.3) is 0 Å². The first kappa shape index (κ1) is 7.64. The SMILES string of the molecule is [B][B]C1C2C=CC(C2)C1[B][B]. The van der Waals surface area contributed by atoms with E-state index < -0.39 is 0 Å². The van der Waals surface area contributed by atoms with Crippen LogP contribution in [-0.2, 0) is 0 Å². The lowest BCUT2D eigenvalue weighted by atomic mass is 9.33. The maximum Gasteiger partial charge on any atom is 0.0589 e. The van der Waals surface area contributed by atoms with Crippen molar-refractivity contribution in [2.24, 2.45) is 11.8 Å². The average Bonchev–Trinajstić information content (AvgIpc) is 2.60. The van der Waals surface area contributed by atoms with Crippen LogP contribution in [0.5, 0.6) is 0 Å². The van der Waals surface area contributed by atoms with E-state index in [9.17, 15) is 0 Å². The van der Waals surface area contributed by atoms with Crippen molar-refractivity contribution >= 4 is 29.8 Å². The lowest BCUT2D eigenvalue weighted by molar-refractivity contribution is 0.690. The average molecular weight is 135 g/mol. The predicted molar refractivity (Wildman–Crippen MR) is 51.3 cm³/mol. The summed E-state index contributed by atoms with van der Waals surface area (Å²) in [6, 6.07) is 0. The van der Waals surface area contributed by atoms with Gasteiger partial charge in [-0.05, 0) is 18.3 Å². The second kappa shape index (κ2) is 2.80. The van der Waals surface area contributed by atoms with Gasteiger partial charge >= 0.3 is 0 Å². The van der Waals surface area contributed by atoms with Gasteiger partial charge in [-0.1, -0.05) is 23.8 Å². The molecule has 0 nitrogen and oxygen atoms in total. The predicted octanol–water partition coefficient (Wildman–Crippen LogP) is 0.345. The summed E-state index contributed by atoms with van der Waals surface area (Å²) in [6.07, 6.45) is 5.80. The zero-order valence-corrected chi connectivity index (χ0v) is 6.48. The van der Waals surface area contributed by atoms with Gasteiger partial charge in [0.05, 0.1) is 14.3 Å². The molecule has 4 unspecified atom stereocenters. The van der Waals surface area contributed by atoms with E-state index in [0.29, 0.717) is 23.5 Å². The summed E-state index contributed by atoms with van der Waals surface area (Å²) in [5.41, 5.74) is 0. The van der Waals surface area contributed by atoms with E-state index in [1.165, 1.54) is 6.42 Å². The molecule has 0 aliphatic heterocycles. The normalized spacial score (nSPS) is 46.2. The molecule has 0 aromatic carbocycles. The van der Waals surface area contributed by atoms with Crippen molar-refractivity contribution < 1.29 is 0 Å². The number of allylic oxidation sites excluding steroid dienone is 2. The van der Waals surface area contributed by atoms with Crippen molar-refractivity contribution in [2.75, 3.05) is 0 Å². The second-order valence-corrected chi connectivity index (χ2v) is 3.49. The van der Waals surface area contributed by atoms with Gasteiger partial charge < -0.3 is 0 Å². The van der Waals surface area contributed by atoms with E-state index in [1.807, 2.05) is 14.3 Å². The lowest BCUT2D eigenvalue weighted by Gasteiger charge is -2.26. The molecule has 6 radical (unpaired) electrons. The Morgan fingerprint density at radius 1 is 1.00 bits per heavy atom. The van der Waals surface area contributed by atoms with Crippen LogP contribution in [0.1, 0.15) is 6.42 Å². The molecule has 0 aromatic heterocycles. The number of fused-ring (bicyclic) bond motifs is 2. The fraction of sp³-hybridized carbons (Fsp3) is 0.714. The zero-order chi connectivity index (χ0) is 7.84. The molecular weight excluding hydrogens is 127 g/mol. The summed E-state index contributed by atoms with van der Waals surface area (Å²) in [4.78, 5) is 0. The van der Waals surface area contributed by atoms with Crippen molar-refractivity contribution in [3.05, 3.63) is 12.2 Å². The fourth-order valence-corrected chi connectivity index (χ4v) is 2.44. The van der Waals surface area contributed by atoms with E-state index >= 15 is 0 Å². The van der Waals surface area contributed by atoms with Gasteiger partial charge in [0.2, 0.25) is 0 Å². The smallest absolute Gasteiger partial charge is 0.0589 e. The van der Waals surface area contributed by atoms with Gasteiger partial charge in [0, 0.05) is 15.5 Å². The van der Waals surface area contributed by atoms with Gasteiger partial charge in [0.25, 0.3) is 0 Å². The van der Waals surface area contributed by atoms with E-state index in [-0.39, 0.29) is 0 Å². The molecule has 0 spiro atoms. The molecule has 2 aliphatic carbocycles. The standard InChI is InChI=1S/C7H8B4/c8-10-6-4-1-2-5(3-4)7(6)11-9/h1-2,4-7H,3H2. The van der Waals surface area contributed by atoms with Crippen LogP contribution in [-0.4, -0.2) is 29.8 Å². The second-order valence-electron chi connectivity index (χ2n) is 3.49. The molecule has 11 heavy (non-hydrogen) atoms. The highest BCUT2D eigenvalue weighted by Gasteiger charge is 2.41. The van der Waals surface area contributed by atoms with Crippen LogP contribution in [0, 0.1) is 11.8 Å². The van der Waals surface area contributed by atoms with E-state index in [2.05, 4.69) is 12.2 Å². The molecular formula is C7H8B4. The van der Waals surface area contributed by atoms with Crippen LogP contribution in [0.4, 0.5) is 0 Å². The summed E-state index contributed by atoms with van der Waals surface area (Å²) >= 11 is 0. The fourth-order valence-electron chi connectivity index (χ4n) is 2.44. The van der Waals surface area contributed by atoms with E-state index in [1.54, 1.807) is 0 Å².